The molecule has 1 N–H and O–H groups in total. The first-order chi connectivity index (χ1) is 13.6. The minimum atomic E-state index is 0.635. The van der Waals surface area contributed by atoms with Gasteiger partial charge in [-0.1, -0.05) is 23.7 Å². The number of hydrogen-bond donors (Lipinski definition) is 1. The third-order valence-electron chi connectivity index (χ3n) is 5.57. The molecule has 1 aliphatic heterocycles. The monoisotopic (exact) mass is 405 g/mol. The lowest BCUT2D eigenvalue weighted by atomic mass is 10.1. The Morgan fingerprint density at radius 3 is 2.18 bits per heavy atom. The van der Waals surface area contributed by atoms with Crippen LogP contribution in [0.1, 0.15) is 12.0 Å². The highest BCUT2D eigenvalue weighted by atomic mass is 35.5. The number of nitrogens with one attached hydrogen (secondary N) is 1. The first-order valence-electron chi connectivity index (χ1n) is 9.74. The van der Waals surface area contributed by atoms with Gasteiger partial charge in [-0.3, -0.25) is 4.48 Å². The molecule has 0 unspecified atom stereocenters. The van der Waals surface area contributed by atoms with Gasteiger partial charge in [-0.25, -0.2) is 0 Å². The molecule has 1 aliphatic rings. The van der Waals surface area contributed by atoms with E-state index >= 15 is 0 Å². The van der Waals surface area contributed by atoms with E-state index < -0.39 is 0 Å². The minimum Gasteiger partial charge on any atom is -0.493 e. The van der Waals surface area contributed by atoms with Crippen LogP contribution in [-0.4, -0.2) is 54.1 Å². The fourth-order valence-corrected chi connectivity index (χ4v) is 4.42. The quantitative estimate of drug-likeness (QED) is 0.676. The molecule has 152 valence electrons. The second-order valence-electron chi connectivity index (χ2n) is 7.15. The van der Waals surface area contributed by atoms with Crippen LogP contribution in [0.15, 0.2) is 36.4 Å². The van der Waals surface area contributed by atoms with E-state index in [0.717, 1.165) is 55.1 Å². The van der Waals surface area contributed by atoms with Gasteiger partial charge in [0.1, 0.15) is 5.02 Å². The zero-order valence-corrected chi connectivity index (χ0v) is 17.7. The molecule has 3 rings (SSSR count). The number of piperazine rings is 1. The zero-order valence-electron chi connectivity index (χ0n) is 17.0. The van der Waals surface area contributed by atoms with E-state index in [9.17, 15) is 0 Å². The standard InChI is InChI=1S/C22H30ClN2O3/c1-26-20-15-17(16-21(27-2)22(20)28-3)7-6-12-25(13-10-24-11-14-25)19-9-5-4-8-18(19)23/h4-5,8-9,15-16,24H,6-7,10-14H2,1-3H3/q+1. The number of nitrogens with zero attached hydrogens (tertiary/aromatic N) is 1. The van der Waals surface area contributed by atoms with Gasteiger partial charge < -0.3 is 19.5 Å². The summed E-state index contributed by atoms with van der Waals surface area (Å²) in [7, 11) is 4.93. The van der Waals surface area contributed by atoms with Crippen LogP contribution in [0.4, 0.5) is 5.69 Å². The molecule has 0 atom stereocenters. The number of benzene rings is 2. The Hall–Kier alpha value is -1.95. The number of rotatable bonds is 8. The van der Waals surface area contributed by atoms with E-state index in [2.05, 4.69) is 17.4 Å². The molecule has 1 heterocycles. The van der Waals surface area contributed by atoms with Crippen molar-refractivity contribution >= 4 is 17.3 Å². The van der Waals surface area contributed by atoms with Crippen molar-refractivity contribution < 1.29 is 14.2 Å². The fraction of sp³-hybridized carbons (Fsp3) is 0.455. The summed E-state index contributed by atoms with van der Waals surface area (Å²) >= 11 is 6.57. The largest absolute Gasteiger partial charge is 0.493 e. The average Bonchev–Trinajstić information content (AvgIpc) is 2.73. The van der Waals surface area contributed by atoms with Gasteiger partial charge in [0, 0.05) is 25.6 Å². The van der Waals surface area contributed by atoms with Crippen molar-refractivity contribution in [3.8, 4) is 17.2 Å². The van der Waals surface area contributed by atoms with Gasteiger partial charge in [0.25, 0.3) is 0 Å². The molecule has 0 saturated carbocycles. The van der Waals surface area contributed by atoms with Gasteiger partial charge >= 0.3 is 0 Å². The maximum absolute atomic E-state index is 6.57. The predicted octanol–water partition coefficient (Wildman–Crippen LogP) is 3.91. The van der Waals surface area contributed by atoms with Crippen LogP contribution in [0, 0.1) is 0 Å². The predicted molar refractivity (Wildman–Crippen MR) is 115 cm³/mol. The Balaban J connectivity index is 1.77. The molecule has 0 spiro atoms. The number of para-hydroxylation sites is 1. The zero-order chi connectivity index (χ0) is 20.0. The number of quaternary nitrogens is 1. The summed E-state index contributed by atoms with van der Waals surface area (Å²) < 4.78 is 17.3. The topological polar surface area (TPSA) is 39.7 Å². The Bertz CT molecular complexity index is 766. The molecule has 0 bridgehead atoms. The normalized spacial score (nSPS) is 15.9. The summed E-state index contributed by atoms with van der Waals surface area (Å²) in [4.78, 5) is 0. The Morgan fingerprint density at radius 2 is 1.61 bits per heavy atom. The third-order valence-corrected chi connectivity index (χ3v) is 5.89. The van der Waals surface area contributed by atoms with Crippen LogP contribution in [0.3, 0.4) is 0 Å². The molecule has 6 heteroatoms. The molecule has 0 aliphatic carbocycles. The number of ether oxygens (including phenoxy) is 3. The van der Waals surface area contributed by atoms with E-state index in [0.29, 0.717) is 17.2 Å². The Kier molecular flexibility index (Phi) is 7.05. The molecule has 28 heavy (non-hydrogen) atoms. The van der Waals surface area contributed by atoms with E-state index in [1.807, 2.05) is 24.3 Å². The second-order valence-corrected chi connectivity index (χ2v) is 7.56. The second kappa shape index (κ2) is 9.50. The van der Waals surface area contributed by atoms with Gasteiger partial charge in [-0.05, 0) is 30.2 Å². The molecule has 0 amide bonds. The molecule has 2 aromatic carbocycles. The summed E-state index contributed by atoms with van der Waals surface area (Å²) in [6.07, 6.45) is 1.98. The lowest BCUT2D eigenvalue weighted by molar-refractivity contribution is 0.238. The van der Waals surface area contributed by atoms with E-state index in [1.54, 1.807) is 21.3 Å². The summed E-state index contributed by atoms with van der Waals surface area (Å²) in [5.41, 5.74) is 2.41. The lowest BCUT2D eigenvalue weighted by Crippen LogP contribution is -2.60. The van der Waals surface area contributed by atoms with Gasteiger partial charge in [0.05, 0.1) is 41.0 Å². The molecule has 0 radical (unpaired) electrons. The van der Waals surface area contributed by atoms with Crippen LogP contribution in [-0.2, 0) is 6.42 Å². The van der Waals surface area contributed by atoms with Gasteiger partial charge in [0.2, 0.25) is 5.75 Å². The van der Waals surface area contributed by atoms with Crippen LogP contribution < -0.4 is 24.0 Å². The molecule has 1 saturated heterocycles. The van der Waals surface area contributed by atoms with Crippen LogP contribution in [0.5, 0.6) is 17.2 Å². The SMILES string of the molecule is COc1cc(CCC[N+]2(c3ccccc3Cl)CCNCC2)cc(OC)c1OC. The van der Waals surface area contributed by atoms with Crippen LogP contribution in [0.25, 0.3) is 0 Å². The highest BCUT2D eigenvalue weighted by Gasteiger charge is 2.33. The first-order valence-corrected chi connectivity index (χ1v) is 10.1. The summed E-state index contributed by atoms with van der Waals surface area (Å²) in [6.45, 7) is 5.17. The molecular formula is C22H30ClN2O3+. The average molecular weight is 406 g/mol. The van der Waals surface area contributed by atoms with Gasteiger partial charge in [0.15, 0.2) is 17.2 Å². The number of aryl methyl sites for hydroxylation is 1. The summed E-state index contributed by atoms with van der Waals surface area (Å²) in [5, 5.41) is 4.33. The van der Waals surface area contributed by atoms with Crippen LogP contribution >= 0.6 is 11.6 Å². The minimum absolute atomic E-state index is 0.635. The first kappa shape index (κ1) is 20.8. The van der Waals surface area contributed by atoms with Gasteiger partial charge in [-0.15, -0.1) is 0 Å². The lowest BCUT2D eigenvalue weighted by Gasteiger charge is -2.41. The van der Waals surface area contributed by atoms with Crippen molar-refractivity contribution in [2.45, 2.75) is 12.8 Å². The number of halogens is 1. The Labute approximate surface area is 172 Å². The van der Waals surface area contributed by atoms with E-state index in [1.165, 1.54) is 11.3 Å². The molecular weight excluding hydrogens is 376 g/mol. The molecule has 5 nitrogen and oxygen atoms in total. The fourth-order valence-electron chi connectivity index (χ4n) is 4.11. The van der Waals surface area contributed by atoms with Crippen molar-refractivity contribution in [1.82, 2.24) is 9.80 Å². The number of hydrogen-bond acceptors (Lipinski definition) is 4. The highest BCUT2D eigenvalue weighted by Crippen LogP contribution is 2.39. The summed E-state index contributed by atoms with van der Waals surface area (Å²) in [5.74, 6) is 2.04. The van der Waals surface area contributed by atoms with E-state index in [4.69, 9.17) is 25.8 Å². The summed E-state index contributed by atoms with van der Waals surface area (Å²) in [6, 6.07) is 12.3. The van der Waals surface area contributed by atoms with Crippen molar-refractivity contribution in [3.05, 3.63) is 47.0 Å². The number of methoxy groups -OCH3 is 3. The van der Waals surface area contributed by atoms with Gasteiger partial charge in [-0.2, -0.15) is 0 Å². The molecule has 2 aromatic rings. The van der Waals surface area contributed by atoms with Crippen LogP contribution in [0.2, 0.25) is 5.02 Å². The Morgan fingerprint density at radius 1 is 0.964 bits per heavy atom. The molecule has 1 fully saturated rings. The maximum atomic E-state index is 6.57. The smallest absolute Gasteiger partial charge is 0.203 e. The van der Waals surface area contributed by atoms with Crippen molar-refractivity contribution in [2.75, 3.05) is 54.1 Å². The van der Waals surface area contributed by atoms with Crippen molar-refractivity contribution in [1.29, 1.82) is 0 Å². The highest BCUT2D eigenvalue weighted by molar-refractivity contribution is 6.33. The van der Waals surface area contributed by atoms with E-state index in [-0.39, 0.29) is 0 Å². The molecule has 0 aromatic heterocycles. The third kappa shape index (κ3) is 4.37. The maximum Gasteiger partial charge on any atom is 0.203 e. The van der Waals surface area contributed by atoms with Crippen molar-refractivity contribution in [3.63, 3.8) is 0 Å². The van der Waals surface area contributed by atoms with Crippen molar-refractivity contribution in [2.24, 2.45) is 0 Å².